The highest BCUT2D eigenvalue weighted by molar-refractivity contribution is 5.74. The van der Waals surface area contributed by atoms with Crippen molar-refractivity contribution in [1.29, 1.82) is 0 Å². The number of carbonyl (C=O) groups excluding carboxylic acids is 1. The Bertz CT molecular complexity index is 498. The molecule has 1 amide bonds. The van der Waals surface area contributed by atoms with Gasteiger partial charge in [0, 0.05) is 11.3 Å². The second-order valence-corrected chi connectivity index (χ2v) is 3.50. The Labute approximate surface area is 93.3 Å². The van der Waals surface area contributed by atoms with Gasteiger partial charge in [-0.25, -0.2) is 4.98 Å². The van der Waals surface area contributed by atoms with E-state index in [4.69, 9.17) is 4.42 Å². The number of anilines is 1. The monoisotopic (exact) mass is 216 g/mol. The third-order valence-electron chi connectivity index (χ3n) is 2.36. The van der Waals surface area contributed by atoms with Gasteiger partial charge in [-0.1, -0.05) is 6.07 Å². The van der Waals surface area contributed by atoms with Crippen LogP contribution in [0.25, 0.3) is 11.5 Å². The molecule has 0 aliphatic carbocycles. The highest BCUT2D eigenvalue weighted by atomic mass is 16.4. The molecule has 0 fully saturated rings. The van der Waals surface area contributed by atoms with Crippen LogP contribution in [0, 0.1) is 13.8 Å². The Hall–Kier alpha value is -2.10. The topological polar surface area (TPSA) is 55.1 Å². The lowest BCUT2D eigenvalue weighted by Gasteiger charge is -2.00. The van der Waals surface area contributed by atoms with Gasteiger partial charge in [0.1, 0.15) is 5.76 Å². The zero-order chi connectivity index (χ0) is 11.5. The van der Waals surface area contributed by atoms with Gasteiger partial charge in [-0.15, -0.1) is 0 Å². The zero-order valence-electron chi connectivity index (χ0n) is 9.15. The summed E-state index contributed by atoms with van der Waals surface area (Å²) < 4.78 is 5.51. The normalized spacial score (nSPS) is 10.1. The quantitative estimate of drug-likeness (QED) is 0.802. The van der Waals surface area contributed by atoms with E-state index >= 15 is 0 Å². The molecule has 0 unspecified atom stereocenters. The van der Waals surface area contributed by atoms with Crippen molar-refractivity contribution in [2.45, 2.75) is 13.8 Å². The molecule has 1 aromatic carbocycles. The van der Waals surface area contributed by atoms with Crippen molar-refractivity contribution in [2.24, 2.45) is 0 Å². The van der Waals surface area contributed by atoms with Crippen LogP contribution < -0.4 is 5.32 Å². The van der Waals surface area contributed by atoms with E-state index < -0.39 is 0 Å². The molecular formula is C12H12N2O2. The Morgan fingerprint density at radius 3 is 2.81 bits per heavy atom. The molecule has 2 aromatic rings. The average molecular weight is 216 g/mol. The molecule has 0 saturated carbocycles. The minimum atomic E-state index is 0.574. The fraction of sp³-hybridized carbons (Fsp3) is 0.167. The van der Waals surface area contributed by atoms with Crippen molar-refractivity contribution in [2.75, 3.05) is 5.32 Å². The van der Waals surface area contributed by atoms with E-state index in [2.05, 4.69) is 10.3 Å². The number of amides is 1. The first kappa shape index (κ1) is 10.4. The highest BCUT2D eigenvalue weighted by Crippen LogP contribution is 2.23. The second kappa shape index (κ2) is 4.18. The average Bonchev–Trinajstić information content (AvgIpc) is 2.60. The maximum atomic E-state index is 10.3. The van der Waals surface area contributed by atoms with E-state index in [1.165, 1.54) is 0 Å². The van der Waals surface area contributed by atoms with Crippen LogP contribution in [0.2, 0.25) is 0 Å². The fourth-order valence-corrected chi connectivity index (χ4v) is 1.41. The molecule has 0 saturated heterocycles. The predicted molar refractivity (Wildman–Crippen MR) is 61.1 cm³/mol. The van der Waals surface area contributed by atoms with Gasteiger partial charge < -0.3 is 9.73 Å². The van der Waals surface area contributed by atoms with Gasteiger partial charge >= 0.3 is 0 Å². The van der Waals surface area contributed by atoms with E-state index in [0.29, 0.717) is 12.3 Å². The zero-order valence-corrected chi connectivity index (χ0v) is 9.15. The molecule has 0 atom stereocenters. The third-order valence-corrected chi connectivity index (χ3v) is 2.36. The van der Waals surface area contributed by atoms with Crippen molar-refractivity contribution < 1.29 is 9.21 Å². The largest absolute Gasteiger partial charge is 0.441 e. The maximum Gasteiger partial charge on any atom is 0.226 e. The number of hydrogen-bond donors (Lipinski definition) is 1. The van der Waals surface area contributed by atoms with E-state index in [9.17, 15) is 4.79 Å². The molecule has 0 aliphatic rings. The van der Waals surface area contributed by atoms with Crippen molar-refractivity contribution >= 4 is 12.1 Å². The number of carbonyl (C=O) groups is 1. The van der Waals surface area contributed by atoms with Gasteiger partial charge in [-0.2, -0.15) is 0 Å². The highest BCUT2D eigenvalue weighted by Gasteiger charge is 2.08. The van der Waals surface area contributed by atoms with Crippen LogP contribution in [0.5, 0.6) is 0 Å². The summed E-state index contributed by atoms with van der Waals surface area (Å²) in [6.07, 6.45) is 0.644. The van der Waals surface area contributed by atoms with Crippen LogP contribution in [0.15, 0.2) is 28.7 Å². The van der Waals surface area contributed by atoms with Crippen LogP contribution in [-0.4, -0.2) is 11.4 Å². The molecule has 82 valence electrons. The molecule has 0 spiro atoms. The number of nitrogens with one attached hydrogen (secondary N) is 1. The second-order valence-electron chi connectivity index (χ2n) is 3.50. The van der Waals surface area contributed by atoms with E-state index in [0.717, 1.165) is 22.7 Å². The van der Waals surface area contributed by atoms with Gasteiger partial charge in [-0.3, -0.25) is 4.79 Å². The molecule has 4 nitrogen and oxygen atoms in total. The first-order chi connectivity index (χ1) is 7.70. The summed E-state index contributed by atoms with van der Waals surface area (Å²) in [7, 11) is 0. The smallest absolute Gasteiger partial charge is 0.226 e. The predicted octanol–water partition coefficient (Wildman–Crippen LogP) is 2.53. The fourth-order valence-electron chi connectivity index (χ4n) is 1.41. The summed E-state index contributed by atoms with van der Waals surface area (Å²) in [5, 5.41) is 2.59. The molecule has 4 heteroatoms. The van der Waals surface area contributed by atoms with Crippen LogP contribution in [0.1, 0.15) is 11.5 Å². The Balaban J connectivity index is 2.39. The lowest BCUT2D eigenvalue weighted by atomic mass is 10.2. The number of aromatic nitrogens is 1. The molecule has 0 radical (unpaired) electrons. The summed E-state index contributed by atoms with van der Waals surface area (Å²) in [4.78, 5) is 14.6. The Morgan fingerprint density at radius 1 is 1.38 bits per heavy atom. The van der Waals surface area contributed by atoms with E-state index in [1.54, 1.807) is 6.07 Å². The van der Waals surface area contributed by atoms with E-state index in [-0.39, 0.29) is 0 Å². The number of hydrogen-bond acceptors (Lipinski definition) is 3. The van der Waals surface area contributed by atoms with Gasteiger partial charge in [0.05, 0.1) is 5.69 Å². The summed E-state index contributed by atoms with van der Waals surface area (Å²) in [6.45, 7) is 3.77. The number of oxazole rings is 1. The minimum absolute atomic E-state index is 0.574. The first-order valence-corrected chi connectivity index (χ1v) is 4.95. The van der Waals surface area contributed by atoms with Crippen molar-refractivity contribution in [3.05, 3.63) is 35.7 Å². The lowest BCUT2D eigenvalue weighted by molar-refractivity contribution is -0.105. The maximum absolute atomic E-state index is 10.3. The van der Waals surface area contributed by atoms with Crippen LogP contribution in [-0.2, 0) is 4.79 Å². The lowest BCUT2D eigenvalue weighted by Crippen LogP contribution is -1.93. The Morgan fingerprint density at radius 2 is 2.19 bits per heavy atom. The first-order valence-electron chi connectivity index (χ1n) is 4.95. The van der Waals surface area contributed by atoms with Crippen LogP contribution in [0.4, 0.5) is 5.69 Å². The van der Waals surface area contributed by atoms with Gasteiger partial charge in [0.15, 0.2) is 0 Å². The Kier molecular flexibility index (Phi) is 2.72. The minimum Gasteiger partial charge on any atom is -0.441 e. The van der Waals surface area contributed by atoms with Crippen molar-refractivity contribution in [3.8, 4) is 11.5 Å². The summed E-state index contributed by atoms with van der Waals surface area (Å²) >= 11 is 0. The van der Waals surface area contributed by atoms with E-state index in [1.807, 2.05) is 32.0 Å². The van der Waals surface area contributed by atoms with Crippen molar-refractivity contribution in [3.63, 3.8) is 0 Å². The van der Waals surface area contributed by atoms with Gasteiger partial charge in [0.2, 0.25) is 12.3 Å². The standard InChI is InChI=1S/C12H12N2O2/c1-8-9(2)16-12(14-8)10-4-3-5-11(6-10)13-7-15/h3-7H,1-2H3,(H,13,15). The molecule has 0 bridgehead atoms. The summed E-state index contributed by atoms with van der Waals surface area (Å²) in [5.41, 5.74) is 2.45. The van der Waals surface area contributed by atoms with Crippen LogP contribution in [0.3, 0.4) is 0 Å². The molecule has 1 N–H and O–H groups in total. The molecule has 2 rings (SSSR count). The molecule has 1 aromatic heterocycles. The van der Waals surface area contributed by atoms with Crippen LogP contribution >= 0.6 is 0 Å². The van der Waals surface area contributed by atoms with Gasteiger partial charge in [0.25, 0.3) is 0 Å². The molecule has 0 aliphatic heterocycles. The summed E-state index contributed by atoms with van der Waals surface area (Å²) in [6, 6.07) is 7.36. The van der Waals surface area contributed by atoms with Gasteiger partial charge in [-0.05, 0) is 32.0 Å². The molecular weight excluding hydrogens is 204 g/mol. The molecule has 16 heavy (non-hydrogen) atoms. The number of nitrogens with zero attached hydrogens (tertiary/aromatic N) is 1. The third kappa shape index (κ3) is 1.95. The number of rotatable bonds is 3. The number of aryl methyl sites for hydroxylation is 2. The number of benzene rings is 1. The van der Waals surface area contributed by atoms with Crippen molar-refractivity contribution in [1.82, 2.24) is 4.98 Å². The summed E-state index contributed by atoms with van der Waals surface area (Å²) in [5.74, 6) is 1.38. The SMILES string of the molecule is Cc1nc(-c2cccc(NC=O)c2)oc1C. The molecule has 1 heterocycles.